The molecule has 0 atom stereocenters. The van der Waals surface area contributed by atoms with Gasteiger partial charge in [0, 0.05) is 20.4 Å². The van der Waals surface area contributed by atoms with Gasteiger partial charge in [0.25, 0.3) is 0 Å². The minimum absolute atomic E-state index is 0.698. The zero-order chi connectivity index (χ0) is 20.1. The summed E-state index contributed by atoms with van der Waals surface area (Å²) in [4.78, 5) is 10.1. The molecular formula is C22H18BrClN2OS2. The number of thioether (sulfide) groups is 1. The Morgan fingerprint density at radius 2 is 1.79 bits per heavy atom. The summed E-state index contributed by atoms with van der Waals surface area (Å²) in [7, 11) is 0. The van der Waals surface area contributed by atoms with E-state index in [1.165, 1.54) is 11.1 Å². The maximum absolute atomic E-state index is 5.89. The molecule has 0 N–H and O–H groups in total. The Bertz CT molecular complexity index is 1080. The van der Waals surface area contributed by atoms with Crippen LogP contribution < -0.4 is 4.74 Å². The first kappa shape index (κ1) is 20.7. The van der Waals surface area contributed by atoms with Crippen molar-refractivity contribution in [1.29, 1.82) is 0 Å². The summed E-state index contributed by atoms with van der Waals surface area (Å²) in [6.45, 7) is 0.698. The maximum atomic E-state index is 5.89. The number of nitrogens with zero attached hydrogens (tertiary/aromatic N) is 2. The van der Waals surface area contributed by atoms with Crippen LogP contribution in [0.2, 0.25) is 5.02 Å². The van der Waals surface area contributed by atoms with Gasteiger partial charge in [0.05, 0.1) is 12.0 Å². The predicted octanol–water partition coefficient (Wildman–Crippen LogP) is 7.73. The normalized spacial score (nSPS) is 11.1. The fourth-order valence-electron chi connectivity index (χ4n) is 2.89. The third-order valence-electron chi connectivity index (χ3n) is 4.35. The molecule has 148 valence electrons. The first-order chi connectivity index (χ1) is 14.2. The molecule has 0 spiro atoms. The number of fused-ring (bicyclic) bond motifs is 1. The molecule has 0 aliphatic heterocycles. The zero-order valence-electron chi connectivity index (χ0n) is 15.5. The van der Waals surface area contributed by atoms with Crippen molar-refractivity contribution in [2.24, 2.45) is 0 Å². The summed E-state index contributed by atoms with van der Waals surface area (Å²) in [6.07, 6.45) is 3.71. The minimum Gasteiger partial charge on any atom is -0.494 e. The molecule has 0 radical (unpaired) electrons. The van der Waals surface area contributed by atoms with E-state index >= 15 is 0 Å². The molecular weight excluding hydrogens is 488 g/mol. The molecule has 0 fully saturated rings. The molecule has 0 saturated heterocycles. The number of hydrogen-bond donors (Lipinski definition) is 0. The van der Waals surface area contributed by atoms with E-state index in [9.17, 15) is 0 Å². The number of aromatic nitrogens is 2. The first-order valence-corrected chi connectivity index (χ1v) is 12.2. The number of ether oxygens (including phenoxy) is 1. The van der Waals surface area contributed by atoms with Crippen molar-refractivity contribution in [2.75, 3.05) is 12.4 Å². The zero-order valence-corrected chi connectivity index (χ0v) is 19.5. The smallest absolute Gasteiger partial charge is 0.128 e. The van der Waals surface area contributed by atoms with Gasteiger partial charge in [0.2, 0.25) is 0 Å². The van der Waals surface area contributed by atoms with Crippen molar-refractivity contribution in [1.82, 2.24) is 9.97 Å². The van der Waals surface area contributed by atoms with Crippen molar-refractivity contribution >= 4 is 60.8 Å². The average Bonchev–Trinajstić information content (AvgIpc) is 3.17. The third kappa shape index (κ3) is 5.31. The van der Waals surface area contributed by atoms with Crippen LogP contribution in [0.1, 0.15) is 12.8 Å². The average molecular weight is 506 g/mol. The van der Waals surface area contributed by atoms with Gasteiger partial charge < -0.3 is 4.74 Å². The summed E-state index contributed by atoms with van der Waals surface area (Å²) in [5, 5.41) is 5.10. The highest BCUT2D eigenvalue weighted by Crippen LogP contribution is 2.38. The van der Waals surface area contributed by atoms with Crippen LogP contribution in [-0.4, -0.2) is 22.3 Å². The van der Waals surface area contributed by atoms with Crippen LogP contribution in [0.25, 0.3) is 21.3 Å². The van der Waals surface area contributed by atoms with Crippen molar-refractivity contribution < 1.29 is 4.74 Å². The van der Waals surface area contributed by atoms with E-state index in [1.807, 2.05) is 24.3 Å². The summed E-state index contributed by atoms with van der Waals surface area (Å²) >= 11 is 12.9. The largest absolute Gasteiger partial charge is 0.494 e. The molecule has 2 aromatic carbocycles. The van der Waals surface area contributed by atoms with Gasteiger partial charge in [-0.1, -0.05) is 39.7 Å². The molecule has 0 amide bonds. The number of hydrogen-bond acceptors (Lipinski definition) is 5. The fourth-order valence-corrected chi connectivity index (χ4v) is 5.28. The van der Waals surface area contributed by atoms with Gasteiger partial charge in [0.15, 0.2) is 0 Å². The standard InChI is InChI=1S/C22H18BrClN2OS2/c23-16-5-3-15(4-6-16)19-13-29-22-20(19)21(25-14-26-22)28-12-2-1-11-27-18-9-7-17(24)8-10-18/h3-10,13-14H,1-2,11-12H2. The Kier molecular flexibility index (Phi) is 7.08. The molecule has 0 aliphatic rings. The molecule has 29 heavy (non-hydrogen) atoms. The summed E-state index contributed by atoms with van der Waals surface area (Å²) < 4.78 is 6.84. The topological polar surface area (TPSA) is 35.0 Å². The van der Waals surface area contributed by atoms with Crippen LogP contribution >= 0.6 is 50.6 Å². The molecule has 0 aliphatic carbocycles. The van der Waals surface area contributed by atoms with Gasteiger partial charge in [-0.15, -0.1) is 23.1 Å². The van der Waals surface area contributed by atoms with E-state index in [0.717, 1.165) is 49.1 Å². The Morgan fingerprint density at radius 3 is 2.59 bits per heavy atom. The van der Waals surface area contributed by atoms with Crippen molar-refractivity contribution in [3.8, 4) is 16.9 Å². The highest BCUT2D eigenvalue weighted by atomic mass is 79.9. The quantitative estimate of drug-likeness (QED) is 0.139. The number of thiophene rings is 1. The maximum Gasteiger partial charge on any atom is 0.128 e. The van der Waals surface area contributed by atoms with Crippen molar-refractivity contribution in [3.05, 3.63) is 69.7 Å². The van der Waals surface area contributed by atoms with Gasteiger partial charge in [-0.05, 0) is 60.6 Å². The summed E-state index contributed by atoms with van der Waals surface area (Å²) in [5.74, 6) is 1.85. The molecule has 0 saturated carbocycles. The second-order valence-electron chi connectivity index (χ2n) is 6.37. The van der Waals surface area contributed by atoms with Crippen molar-refractivity contribution in [3.63, 3.8) is 0 Å². The Balaban J connectivity index is 1.36. The van der Waals surface area contributed by atoms with Crippen LogP contribution in [0.15, 0.2) is 69.7 Å². The Labute approximate surface area is 191 Å². The van der Waals surface area contributed by atoms with Crippen LogP contribution in [-0.2, 0) is 0 Å². The van der Waals surface area contributed by atoms with Crippen LogP contribution in [0, 0.1) is 0 Å². The second kappa shape index (κ2) is 9.94. The van der Waals surface area contributed by atoms with E-state index in [2.05, 4.69) is 55.5 Å². The monoisotopic (exact) mass is 504 g/mol. The lowest BCUT2D eigenvalue weighted by molar-refractivity contribution is 0.310. The van der Waals surface area contributed by atoms with Gasteiger partial charge in [-0.3, -0.25) is 0 Å². The van der Waals surface area contributed by atoms with Crippen molar-refractivity contribution in [2.45, 2.75) is 17.9 Å². The molecule has 2 aromatic heterocycles. The van der Waals surface area contributed by atoms with Crippen LogP contribution in [0.5, 0.6) is 5.75 Å². The van der Waals surface area contributed by atoms with E-state index < -0.39 is 0 Å². The van der Waals surface area contributed by atoms with Crippen LogP contribution in [0.3, 0.4) is 0 Å². The molecule has 0 bridgehead atoms. The summed E-state index contributed by atoms with van der Waals surface area (Å²) in [6, 6.07) is 15.9. The van der Waals surface area contributed by atoms with E-state index in [4.69, 9.17) is 16.3 Å². The second-order valence-corrected chi connectivity index (χ2v) is 9.67. The molecule has 4 rings (SSSR count). The van der Waals surface area contributed by atoms with Crippen LogP contribution in [0.4, 0.5) is 0 Å². The van der Waals surface area contributed by atoms with Gasteiger partial charge in [0.1, 0.15) is 21.9 Å². The minimum atomic E-state index is 0.698. The molecule has 4 aromatic rings. The van der Waals surface area contributed by atoms with E-state index in [0.29, 0.717) is 6.61 Å². The number of benzene rings is 2. The SMILES string of the molecule is Clc1ccc(OCCCCSc2ncnc3scc(-c4ccc(Br)cc4)c23)cc1. The number of halogens is 2. The van der Waals surface area contributed by atoms with Gasteiger partial charge in [-0.25, -0.2) is 9.97 Å². The van der Waals surface area contributed by atoms with E-state index in [1.54, 1.807) is 29.4 Å². The Hall–Kier alpha value is -1.60. The Morgan fingerprint density at radius 1 is 1.00 bits per heavy atom. The lowest BCUT2D eigenvalue weighted by atomic mass is 10.1. The molecule has 0 unspecified atom stereocenters. The third-order valence-corrected chi connectivity index (χ3v) is 7.09. The highest BCUT2D eigenvalue weighted by molar-refractivity contribution is 9.10. The number of unbranched alkanes of at least 4 members (excludes halogenated alkanes) is 1. The lowest BCUT2D eigenvalue weighted by Gasteiger charge is -2.07. The predicted molar refractivity (Wildman–Crippen MR) is 127 cm³/mol. The lowest BCUT2D eigenvalue weighted by Crippen LogP contribution is -1.98. The first-order valence-electron chi connectivity index (χ1n) is 9.20. The fraction of sp³-hybridized carbons (Fsp3) is 0.182. The van der Waals surface area contributed by atoms with Gasteiger partial charge >= 0.3 is 0 Å². The molecule has 3 nitrogen and oxygen atoms in total. The van der Waals surface area contributed by atoms with E-state index in [-0.39, 0.29) is 0 Å². The molecule has 7 heteroatoms. The highest BCUT2D eigenvalue weighted by Gasteiger charge is 2.13. The summed E-state index contributed by atoms with van der Waals surface area (Å²) in [5.41, 5.74) is 2.39. The number of rotatable bonds is 8. The molecule has 2 heterocycles. The van der Waals surface area contributed by atoms with Gasteiger partial charge in [-0.2, -0.15) is 0 Å².